The molecule has 0 atom stereocenters. The van der Waals surface area contributed by atoms with Gasteiger partial charge >= 0.3 is 0 Å². The second kappa shape index (κ2) is 5.68. The Labute approximate surface area is 123 Å². The topological polar surface area (TPSA) is 91.8 Å². The van der Waals surface area contributed by atoms with Gasteiger partial charge in [-0.1, -0.05) is 30.3 Å². The van der Waals surface area contributed by atoms with Gasteiger partial charge in [0.15, 0.2) is 11.5 Å². The van der Waals surface area contributed by atoms with Crippen LogP contribution in [0.3, 0.4) is 0 Å². The number of aromatic amines is 1. The highest BCUT2D eigenvalue weighted by Gasteiger charge is 2.15. The van der Waals surface area contributed by atoms with Gasteiger partial charge in [-0.3, -0.25) is 4.79 Å². The van der Waals surface area contributed by atoms with E-state index in [1.165, 1.54) is 11.3 Å². The molecule has 0 saturated carbocycles. The van der Waals surface area contributed by atoms with Crippen LogP contribution in [0.5, 0.6) is 0 Å². The predicted octanol–water partition coefficient (Wildman–Crippen LogP) is 2.71. The SMILES string of the molecule is O=C(C=C(O)c1nn[nH]n1)c1sccc1-c1ccccc1. The Bertz CT molecular complexity index is 778. The molecule has 0 aliphatic rings. The maximum Gasteiger partial charge on any atom is 0.239 e. The standard InChI is InChI=1S/C14H10N4O2S/c19-11(8-12(20)14-15-17-18-16-14)13-10(6-7-21-13)9-4-2-1-3-5-9/h1-8,20H,(H,15,16,17,18). The average molecular weight is 298 g/mol. The molecule has 3 rings (SSSR count). The van der Waals surface area contributed by atoms with Gasteiger partial charge in [-0.05, 0) is 22.2 Å². The lowest BCUT2D eigenvalue weighted by atomic mass is 10.0. The molecule has 2 N–H and O–H groups in total. The van der Waals surface area contributed by atoms with Crippen LogP contribution >= 0.6 is 11.3 Å². The van der Waals surface area contributed by atoms with E-state index in [1.807, 2.05) is 41.8 Å². The maximum atomic E-state index is 12.3. The Kier molecular flexibility index (Phi) is 3.57. The highest BCUT2D eigenvalue weighted by Crippen LogP contribution is 2.29. The monoisotopic (exact) mass is 298 g/mol. The number of nitrogens with one attached hydrogen (secondary N) is 1. The number of carbonyl (C=O) groups is 1. The molecule has 2 heterocycles. The molecule has 0 fully saturated rings. The molecule has 2 aromatic heterocycles. The molecule has 0 unspecified atom stereocenters. The molecule has 6 nitrogen and oxygen atoms in total. The van der Waals surface area contributed by atoms with Crippen LogP contribution in [0.25, 0.3) is 16.9 Å². The van der Waals surface area contributed by atoms with E-state index in [-0.39, 0.29) is 17.4 Å². The van der Waals surface area contributed by atoms with E-state index in [1.54, 1.807) is 0 Å². The van der Waals surface area contributed by atoms with E-state index in [2.05, 4.69) is 20.6 Å². The number of hydrogen-bond acceptors (Lipinski definition) is 6. The van der Waals surface area contributed by atoms with Crippen molar-refractivity contribution in [1.29, 1.82) is 0 Å². The Morgan fingerprint density at radius 1 is 1.24 bits per heavy atom. The Balaban J connectivity index is 1.94. The van der Waals surface area contributed by atoms with E-state index >= 15 is 0 Å². The van der Waals surface area contributed by atoms with E-state index in [9.17, 15) is 9.90 Å². The molecule has 0 aliphatic heterocycles. The van der Waals surface area contributed by atoms with Crippen LogP contribution in [-0.2, 0) is 0 Å². The van der Waals surface area contributed by atoms with Gasteiger partial charge in [-0.15, -0.1) is 21.5 Å². The number of thiophene rings is 1. The van der Waals surface area contributed by atoms with Crippen LogP contribution in [-0.4, -0.2) is 31.5 Å². The first-order valence-electron chi connectivity index (χ1n) is 6.07. The van der Waals surface area contributed by atoms with E-state index in [4.69, 9.17) is 0 Å². The van der Waals surface area contributed by atoms with Crippen LogP contribution < -0.4 is 0 Å². The summed E-state index contributed by atoms with van der Waals surface area (Å²) >= 11 is 1.32. The van der Waals surface area contributed by atoms with Gasteiger partial charge < -0.3 is 5.11 Å². The molecule has 3 aromatic rings. The van der Waals surface area contributed by atoms with Crippen LogP contribution in [0.4, 0.5) is 0 Å². The van der Waals surface area contributed by atoms with Crippen LogP contribution in [0, 0.1) is 0 Å². The van der Waals surface area contributed by atoms with Crippen molar-refractivity contribution >= 4 is 22.9 Å². The third-order valence-electron chi connectivity index (χ3n) is 2.82. The lowest BCUT2D eigenvalue weighted by Crippen LogP contribution is -1.97. The summed E-state index contributed by atoms with van der Waals surface area (Å²) in [6.45, 7) is 0. The maximum absolute atomic E-state index is 12.3. The van der Waals surface area contributed by atoms with Crippen molar-refractivity contribution in [1.82, 2.24) is 20.6 Å². The minimum Gasteiger partial charge on any atom is -0.504 e. The van der Waals surface area contributed by atoms with Crippen molar-refractivity contribution in [2.75, 3.05) is 0 Å². The van der Waals surface area contributed by atoms with Crippen LogP contribution in [0.2, 0.25) is 0 Å². The summed E-state index contributed by atoms with van der Waals surface area (Å²) in [7, 11) is 0. The Hall–Kier alpha value is -2.80. The van der Waals surface area contributed by atoms with Gasteiger partial charge in [-0.2, -0.15) is 5.21 Å². The molecule has 21 heavy (non-hydrogen) atoms. The third kappa shape index (κ3) is 2.72. The smallest absolute Gasteiger partial charge is 0.239 e. The number of aromatic nitrogens is 4. The largest absolute Gasteiger partial charge is 0.504 e. The lowest BCUT2D eigenvalue weighted by Gasteiger charge is -2.01. The molecule has 0 spiro atoms. The Morgan fingerprint density at radius 3 is 2.76 bits per heavy atom. The summed E-state index contributed by atoms with van der Waals surface area (Å²) in [6, 6.07) is 11.5. The highest BCUT2D eigenvalue weighted by atomic mass is 32.1. The van der Waals surface area contributed by atoms with Gasteiger partial charge in [0, 0.05) is 11.6 Å². The molecule has 1 aromatic carbocycles. The second-order valence-electron chi connectivity index (χ2n) is 4.16. The third-order valence-corrected chi connectivity index (χ3v) is 3.75. The molecule has 0 aliphatic carbocycles. The number of allylic oxidation sites excluding steroid dienone is 1. The summed E-state index contributed by atoms with van der Waals surface area (Å²) in [5.74, 6) is -0.631. The summed E-state index contributed by atoms with van der Waals surface area (Å²) in [5.41, 5.74) is 1.79. The predicted molar refractivity (Wildman–Crippen MR) is 78.9 cm³/mol. The van der Waals surface area contributed by atoms with Gasteiger partial charge in [0.25, 0.3) is 0 Å². The summed E-state index contributed by atoms with van der Waals surface area (Å²) in [4.78, 5) is 12.8. The summed E-state index contributed by atoms with van der Waals surface area (Å²) in [6.07, 6.45) is 1.10. The zero-order chi connectivity index (χ0) is 14.7. The average Bonchev–Trinajstić information content (AvgIpc) is 3.19. The fourth-order valence-electron chi connectivity index (χ4n) is 1.87. The number of tetrazole rings is 1. The number of aliphatic hydroxyl groups is 1. The normalized spacial score (nSPS) is 11.5. The number of H-pyrrole nitrogens is 1. The molecule has 0 amide bonds. The Morgan fingerprint density at radius 2 is 2.05 bits per heavy atom. The molecule has 7 heteroatoms. The van der Waals surface area contributed by atoms with Crippen molar-refractivity contribution in [2.45, 2.75) is 0 Å². The van der Waals surface area contributed by atoms with Gasteiger partial charge in [0.05, 0.1) is 4.88 Å². The molecule has 104 valence electrons. The minimum atomic E-state index is -0.318. The molecule has 0 saturated heterocycles. The summed E-state index contributed by atoms with van der Waals surface area (Å²) < 4.78 is 0. The number of hydrogen-bond donors (Lipinski definition) is 2. The molecular formula is C14H10N4O2S. The van der Waals surface area contributed by atoms with Gasteiger partial charge in [0.1, 0.15) is 0 Å². The molecular weight excluding hydrogens is 288 g/mol. The first-order chi connectivity index (χ1) is 10.3. The van der Waals surface area contributed by atoms with Crippen molar-refractivity contribution in [3.63, 3.8) is 0 Å². The first-order valence-corrected chi connectivity index (χ1v) is 6.95. The summed E-state index contributed by atoms with van der Waals surface area (Å²) in [5, 5.41) is 24.4. The second-order valence-corrected chi connectivity index (χ2v) is 5.07. The van der Waals surface area contributed by atoms with Crippen LogP contribution in [0.15, 0.2) is 47.9 Å². The fourth-order valence-corrected chi connectivity index (χ4v) is 2.70. The van der Waals surface area contributed by atoms with Gasteiger partial charge in [-0.25, -0.2) is 0 Å². The highest BCUT2D eigenvalue weighted by molar-refractivity contribution is 7.12. The van der Waals surface area contributed by atoms with E-state index < -0.39 is 0 Å². The zero-order valence-electron chi connectivity index (χ0n) is 10.7. The number of nitrogens with zero attached hydrogens (tertiary/aromatic N) is 3. The van der Waals surface area contributed by atoms with E-state index in [0.717, 1.165) is 17.2 Å². The van der Waals surface area contributed by atoms with Crippen molar-refractivity contribution in [3.8, 4) is 11.1 Å². The van der Waals surface area contributed by atoms with Crippen molar-refractivity contribution in [2.24, 2.45) is 0 Å². The van der Waals surface area contributed by atoms with Crippen molar-refractivity contribution < 1.29 is 9.90 Å². The van der Waals surface area contributed by atoms with Gasteiger partial charge in [0.2, 0.25) is 5.82 Å². The number of rotatable bonds is 4. The zero-order valence-corrected chi connectivity index (χ0v) is 11.5. The minimum absolute atomic E-state index is 0.0128. The lowest BCUT2D eigenvalue weighted by molar-refractivity contribution is 0.105. The molecule has 0 radical (unpaired) electrons. The first kappa shape index (κ1) is 13.2. The van der Waals surface area contributed by atoms with Crippen molar-refractivity contribution in [3.05, 3.63) is 58.6 Å². The molecule has 0 bridgehead atoms. The number of carbonyl (C=O) groups excluding carboxylic acids is 1. The van der Waals surface area contributed by atoms with Crippen LogP contribution in [0.1, 0.15) is 15.5 Å². The number of ketones is 1. The van der Waals surface area contributed by atoms with E-state index in [0.29, 0.717) is 4.88 Å². The number of aliphatic hydroxyl groups excluding tert-OH is 1. The quantitative estimate of drug-likeness (QED) is 0.439. The fraction of sp³-hybridized carbons (Fsp3) is 0. The number of benzene rings is 1.